The van der Waals surface area contributed by atoms with Crippen molar-refractivity contribution in [1.82, 2.24) is 15.3 Å². The second-order valence-electron chi connectivity index (χ2n) is 3.40. The van der Waals surface area contributed by atoms with Crippen LogP contribution >= 0.6 is 11.3 Å². The summed E-state index contributed by atoms with van der Waals surface area (Å²) in [5.74, 6) is 4.35. The Hall–Kier alpha value is -1.19. The lowest BCUT2D eigenvalue weighted by Gasteiger charge is -2.16. The van der Waals surface area contributed by atoms with E-state index in [4.69, 9.17) is 5.84 Å². The van der Waals surface area contributed by atoms with Gasteiger partial charge in [0.05, 0.1) is 12.2 Å². The van der Waals surface area contributed by atoms with Crippen molar-refractivity contribution >= 4 is 17.2 Å². The third-order valence-corrected chi connectivity index (χ3v) is 2.65. The van der Waals surface area contributed by atoms with E-state index in [0.29, 0.717) is 5.69 Å². The van der Waals surface area contributed by atoms with E-state index >= 15 is 0 Å². The van der Waals surface area contributed by atoms with Crippen LogP contribution in [0.4, 0.5) is 13.2 Å². The number of amides is 1. The van der Waals surface area contributed by atoms with Crippen molar-refractivity contribution in [1.29, 1.82) is 0 Å². The van der Waals surface area contributed by atoms with Crippen LogP contribution in [-0.4, -0.2) is 35.6 Å². The van der Waals surface area contributed by atoms with E-state index in [1.807, 2.05) is 5.43 Å². The average molecular weight is 268 g/mol. The molecular weight excluding hydrogens is 257 g/mol. The molecule has 17 heavy (non-hydrogen) atoms. The van der Waals surface area contributed by atoms with Crippen LogP contribution in [0.15, 0.2) is 5.38 Å². The summed E-state index contributed by atoms with van der Waals surface area (Å²) in [5, 5.41) is 1.65. The van der Waals surface area contributed by atoms with Gasteiger partial charge in [-0.15, -0.1) is 11.3 Å². The summed E-state index contributed by atoms with van der Waals surface area (Å²) in [5.41, 5.74) is 2.30. The molecule has 1 heterocycles. The number of nitrogens with zero attached hydrogens (tertiary/aromatic N) is 2. The molecule has 1 rings (SSSR count). The minimum absolute atomic E-state index is 0.0217. The molecule has 1 aromatic rings. The Morgan fingerprint density at radius 3 is 2.82 bits per heavy atom. The van der Waals surface area contributed by atoms with Gasteiger partial charge in [-0.25, -0.2) is 10.8 Å². The first-order valence-electron chi connectivity index (χ1n) is 4.52. The number of alkyl halides is 3. The fourth-order valence-electron chi connectivity index (χ4n) is 1.18. The summed E-state index contributed by atoms with van der Waals surface area (Å²) < 4.78 is 36.2. The van der Waals surface area contributed by atoms with Crippen LogP contribution in [0.3, 0.4) is 0 Å². The number of hydrazine groups is 1. The van der Waals surface area contributed by atoms with E-state index in [1.54, 1.807) is 0 Å². The highest BCUT2D eigenvalue weighted by molar-refractivity contribution is 7.11. The number of aromatic nitrogens is 1. The largest absolute Gasteiger partial charge is 0.401 e. The summed E-state index contributed by atoms with van der Waals surface area (Å²) in [6.07, 6.45) is -4.25. The Kier molecular flexibility index (Phi) is 4.43. The molecule has 96 valence electrons. The molecule has 0 aliphatic carbocycles. The number of carbonyl (C=O) groups excluding carboxylic acids is 1. The SMILES string of the molecule is CN(Cc1csc(C(=O)NN)n1)CC(F)(F)F. The zero-order chi connectivity index (χ0) is 13.1. The van der Waals surface area contributed by atoms with Crippen LogP contribution in [0.5, 0.6) is 0 Å². The number of thiazole rings is 1. The Bertz CT molecular complexity index is 392. The third kappa shape index (κ3) is 4.67. The van der Waals surface area contributed by atoms with E-state index in [0.717, 1.165) is 16.2 Å². The highest BCUT2D eigenvalue weighted by atomic mass is 32.1. The van der Waals surface area contributed by atoms with E-state index in [1.165, 1.54) is 12.4 Å². The monoisotopic (exact) mass is 268 g/mol. The van der Waals surface area contributed by atoms with Gasteiger partial charge in [0, 0.05) is 11.9 Å². The fraction of sp³-hybridized carbons (Fsp3) is 0.500. The second-order valence-corrected chi connectivity index (χ2v) is 4.26. The summed E-state index contributed by atoms with van der Waals surface area (Å²) >= 11 is 1.03. The van der Waals surface area contributed by atoms with Crippen molar-refractivity contribution in [3.63, 3.8) is 0 Å². The van der Waals surface area contributed by atoms with Gasteiger partial charge < -0.3 is 0 Å². The molecule has 1 amide bonds. The minimum Gasteiger partial charge on any atom is -0.292 e. The minimum atomic E-state index is -4.25. The van der Waals surface area contributed by atoms with Crippen molar-refractivity contribution in [2.24, 2.45) is 5.84 Å². The van der Waals surface area contributed by atoms with Gasteiger partial charge in [-0.3, -0.25) is 15.1 Å². The Labute approximate surface area is 99.4 Å². The topological polar surface area (TPSA) is 71.2 Å². The number of halogens is 3. The van der Waals surface area contributed by atoms with Crippen molar-refractivity contribution < 1.29 is 18.0 Å². The van der Waals surface area contributed by atoms with E-state index in [-0.39, 0.29) is 11.6 Å². The standard InChI is InChI=1S/C8H11F3N4OS/c1-15(4-8(9,10)11)2-5-3-17-7(13-5)6(16)14-12/h3H,2,4,12H2,1H3,(H,14,16). The lowest BCUT2D eigenvalue weighted by atomic mass is 10.4. The van der Waals surface area contributed by atoms with E-state index in [2.05, 4.69) is 4.98 Å². The molecule has 3 N–H and O–H groups in total. The maximum Gasteiger partial charge on any atom is 0.401 e. The van der Waals surface area contributed by atoms with E-state index < -0.39 is 18.6 Å². The molecule has 5 nitrogen and oxygen atoms in total. The molecule has 0 aliphatic rings. The van der Waals surface area contributed by atoms with Crippen LogP contribution in [0.25, 0.3) is 0 Å². The van der Waals surface area contributed by atoms with Crippen molar-refractivity contribution in [3.05, 3.63) is 16.1 Å². The Balaban J connectivity index is 2.57. The lowest BCUT2D eigenvalue weighted by molar-refractivity contribution is -0.144. The first-order chi connectivity index (χ1) is 7.81. The molecule has 0 spiro atoms. The first kappa shape index (κ1) is 13.9. The first-order valence-corrected chi connectivity index (χ1v) is 5.40. The van der Waals surface area contributed by atoms with Gasteiger partial charge in [0.25, 0.3) is 5.91 Å². The highest BCUT2D eigenvalue weighted by Gasteiger charge is 2.29. The van der Waals surface area contributed by atoms with Gasteiger partial charge in [-0.2, -0.15) is 13.2 Å². The molecule has 0 radical (unpaired) electrons. The number of rotatable bonds is 4. The van der Waals surface area contributed by atoms with Gasteiger partial charge in [-0.1, -0.05) is 0 Å². The molecule has 0 aromatic carbocycles. The number of hydrogen-bond donors (Lipinski definition) is 2. The van der Waals surface area contributed by atoms with Crippen molar-refractivity contribution in [3.8, 4) is 0 Å². The van der Waals surface area contributed by atoms with Gasteiger partial charge >= 0.3 is 6.18 Å². The lowest BCUT2D eigenvalue weighted by Crippen LogP contribution is -2.31. The third-order valence-electron chi connectivity index (χ3n) is 1.76. The molecule has 0 bridgehead atoms. The molecule has 0 unspecified atom stereocenters. The molecule has 0 fully saturated rings. The van der Waals surface area contributed by atoms with Crippen LogP contribution in [0.1, 0.15) is 15.5 Å². The van der Waals surface area contributed by atoms with Gasteiger partial charge in [-0.05, 0) is 7.05 Å². The molecule has 0 atom stereocenters. The Morgan fingerprint density at radius 1 is 1.65 bits per heavy atom. The van der Waals surface area contributed by atoms with Gasteiger partial charge in [0.15, 0.2) is 5.01 Å². The number of nitrogens with one attached hydrogen (secondary N) is 1. The molecule has 0 saturated carbocycles. The molecule has 1 aromatic heterocycles. The zero-order valence-corrected chi connectivity index (χ0v) is 9.73. The molecular formula is C8H11F3N4OS. The van der Waals surface area contributed by atoms with Gasteiger partial charge in [0.2, 0.25) is 0 Å². The highest BCUT2D eigenvalue weighted by Crippen LogP contribution is 2.17. The number of hydrogen-bond acceptors (Lipinski definition) is 5. The second kappa shape index (κ2) is 5.43. The molecule has 9 heteroatoms. The summed E-state index contributed by atoms with van der Waals surface area (Å²) in [6.45, 7) is -1.00. The number of nitrogen functional groups attached to an aromatic ring is 1. The maximum atomic E-state index is 12.1. The van der Waals surface area contributed by atoms with Crippen molar-refractivity contribution in [2.75, 3.05) is 13.6 Å². The fourth-order valence-corrected chi connectivity index (χ4v) is 1.89. The van der Waals surface area contributed by atoms with Crippen LogP contribution < -0.4 is 11.3 Å². The van der Waals surface area contributed by atoms with Crippen LogP contribution in [0, 0.1) is 0 Å². The zero-order valence-electron chi connectivity index (χ0n) is 8.91. The summed E-state index contributed by atoms with van der Waals surface area (Å²) in [6, 6.07) is 0. The van der Waals surface area contributed by atoms with E-state index in [9.17, 15) is 18.0 Å². The predicted octanol–water partition coefficient (Wildman–Crippen LogP) is 0.741. The average Bonchev–Trinajstić information content (AvgIpc) is 2.62. The van der Waals surface area contributed by atoms with Crippen molar-refractivity contribution in [2.45, 2.75) is 12.7 Å². The summed E-state index contributed by atoms with van der Waals surface area (Å²) in [7, 11) is 1.33. The number of nitrogens with two attached hydrogens (primary N) is 1. The van der Waals surface area contributed by atoms with Gasteiger partial charge in [0.1, 0.15) is 0 Å². The predicted molar refractivity (Wildman–Crippen MR) is 56.2 cm³/mol. The normalized spacial score (nSPS) is 11.9. The molecule has 0 saturated heterocycles. The number of carbonyl (C=O) groups is 1. The summed E-state index contributed by atoms with van der Waals surface area (Å²) in [4.78, 5) is 16.0. The Morgan fingerprint density at radius 2 is 2.29 bits per heavy atom. The quantitative estimate of drug-likeness (QED) is 0.480. The van der Waals surface area contributed by atoms with Crippen LogP contribution in [-0.2, 0) is 6.54 Å². The smallest absolute Gasteiger partial charge is 0.292 e. The van der Waals surface area contributed by atoms with Crippen LogP contribution in [0.2, 0.25) is 0 Å². The maximum absolute atomic E-state index is 12.1. The molecule has 0 aliphatic heterocycles.